The molecule has 0 spiro atoms. The Labute approximate surface area is 145 Å². The summed E-state index contributed by atoms with van der Waals surface area (Å²) in [7, 11) is 1.60. The summed E-state index contributed by atoms with van der Waals surface area (Å²) in [5.41, 5.74) is 2.07. The second kappa shape index (κ2) is 6.32. The van der Waals surface area contributed by atoms with Gasteiger partial charge in [-0.3, -0.25) is 4.57 Å². The molecule has 1 fully saturated rings. The predicted octanol–water partition coefficient (Wildman–Crippen LogP) is 2.73. The van der Waals surface area contributed by atoms with Gasteiger partial charge in [0, 0.05) is 37.6 Å². The van der Waals surface area contributed by atoms with Crippen LogP contribution in [0.2, 0.25) is 5.15 Å². The van der Waals surface area contributed by atoms with Crippen LogP contribution in [0.3, 0.4) is 0 Å². The number of halogens is 1. The fraction of sp³-hybridized carbons (Fsp3) is 0.438. The van der Waals surface area contributed by atoms with Crippen LogP contribution < -0.4 is 4.90 Å². The van der Waals surface area contributed by atoms with Crippen LogP contribution in [0.25, 0.3) is 5.95 Å². The lowest BCUT2D eigenvalue weighted by Crippen LogP contribution is -2.38. The van der Waals surface area contributed by atoms with Crippen molar-refractivity contribution in [3.63, 3.8) is 0 Å². The van der Waals surface area contributed by atoms with Crippen LogP contribution in [0.15, 0.2) is 18.2 Å². The molecule has 1 amide bonds. The van der Waals surface area contributed by atoms with Crippen LogP contribution in [0.4, 0.5) is 10.6 Å². The number of hydrogen-bond acceptors (Lipinski definition) is 4. The molecule has 1 saturated heterocycles. The molecule has 1 unspecified atom stereocenters. The van der Waals surface area contributed by atoms with E-state index in [1.165, 1.54) is 4.90 Å². The first-order valence-corrected chi connectivity index (χ1v) is 8.15. The topological polar surface area (TPSA) is 74.5 Å². The van der Waals surface area contributed by atoms with Crippen molar-refractivity contribution in [2.75, 3.05) is 25.0 Å². The molecule has 128 valence electrons. The van der Waals surface area contributed by atoms with E-state index >= 15 is 0 Å². The van der Waals surface area contributed by atoms with E-state index in [1.807, 2.05) is 30.5 Å². The van der Waals surface area contributed by atoms with Crippen LogP contribution in [-0.2, 0) is 0 Å². The molecule has 0 aromatic carbocycles. The average Bonchev–Trinajstić information content (AvgIpc) is 3.13. The molecular formula is C16H20ClN5O2. The summed E-state index contributed by atoms with van der Waals surface area (Å²) >= 11 is 6.20. The molecule has 3 heterocycles. The maximum atomic E-state index is 11.1. The lowest BCUT2D eigenvalue weighted by Gasteiger charge is -2.22. The highest BCUT2D eigenvalue weighted by Gasteiger charge is 2.29. The normalized spacial score (nSPS) is 17.3. The van der Waals surface area contributed by atoms with Crippen LogP contribution in [0.1, 0.15) is 17.8 Å². The Morgan fingerprint density at radius 3 is 2.62 bits per heavy atom. The second-order valence-electron chi connectivity index (χ2n) is 6.08. The molecule has 0 radical (unpaired) electrons. The van der Waals surface area contributed by atoms with Crippen molar-refractivity contribution in [1.29, 1.82) is 0 Å². The number of carboxylic acid groups (broad SMARTS) is 1. The molecule has 24 heavy (non-hydrogen) atoms. The summed E-state index contributed by atoms with van der Waals surface area (Å²) in [5, 5.41) is 9.50. The van der Waals surface area contributed by atoms with Crippen LogP contribution >= 0.6 is 11.6 Å². The Morgan fingerprint density at radius 2 is 2.00 bits per heavy atom. The smallest absolute Gasteiger partial charge is 0.407 e. The van der Waals surface area contributed by atoms with Crippen molar-refractivity contribution < 1.29 is 9.90 Å². The minimum absolute atomic E-state index is 0.0465. The number of anilines is 1. The molecule has 7 nitrogen and oxygen atoms in total. The Bertz CT molecular complexity index is 756. The minimum atomic E-state index is -0.915. The van der Waals surface area contributed by atoms with E-state index in [-0.39, 0.29) is 6.04 Å². The van der Waals surface area contributed by atoms with Gasteiger partial charge >= 0.3 is 6.09 Å². The highest BCUT2D eigenvalue weighted by Crippen LogP contribution is 2.25. The van der Waals surface area contributed by atoms with Crippen molar-refractivity contribution >= 4 is 23.5 Å². The van der Waals surface area contributed by atoms with Gasteiger partial charge in [0.15, 0.2) is 0 Å². The third-order valence-corrected chi connectivity index (χ3v) is 4.67. The largest absolute Gasteiger partial charge is 0.465 e. The van der Waals surface area contributed by atoms with Gasteiger partial charge in [-0.2, -0.15) is 4.98 Å². The molecule has 1 N–H and O–H groups in total. The number of nitrogens with zero attached hydrogens (tertiary/aromatic N) is 5. The van der Waals surface area contributed by atoms with E-state index in [2.05, 4.69) is 14.9 Å². The van der Waals surface area contributed by atoms with E-state index in [1.54, 1.807) is 13.1 Å². The number of aromatic nitrogens is 3. The summed E-state index contributed by atoms with van der Waals surface area (Å²) in [6, 6.07) is 5.69. The molecule has 1 aliphatic rings. The van der Waals surface area contributed by atoms with Gasteiger partial charge in [0.2, 0.25) is 5.95 Å². The van der Waals surface area contributed by atoms with Gasteiger partial charge in [-0.25, -0.2) is 9.78 Å². The molecular weight excluding hydrogens is 330 g/mol. The van der Waals surface area contributed by atoms with Crippen LogP contribution in [0.5, 0.6) is 0 Å². The van der Waals surface area contributed by atoms with E-state index in [0.717, 1.165) is 30.2 Å². The minimum Gasteiger partial charge on any atom is -0.465 e. The SMILES string of the molecule is Cc1ccc(C)n1-c1nc(Cl)cc(N2CCC(N(C)C(=O)O)C2)n1. The maximum Gasteiger partial charge on any atom is 0.407 e. The van der Waals surface area contributed by atoms with Crippen molar-refractivity contribution in [1.82, 2.24) is 19.4 Å². The summed E-state index contributed by atoms with van der Waals surface area (Å²) in [5.74, 6) is 1.26. The average molecular weight is 350 g/mol. The Morgan fingerprint density at radius 1 is 1.33 bits per heavy atom. The lowest BCUT2D eigenvalue weighted by molar-refractivity contribution is 0.142. The summed E-state index contributed by atoms with van der Waals surface area (Å²) in [6.07, 6.45) is -0.150. The second-order valence-corrected chi connectivity index (χ2v) is 6.47. The van der Waals surface area contributed by atoms with Gasteiger partial charge in [0.1, 0.15) is 11.0 Å². The summed E-state index contributed by atoms with van der Waals surface area (Å²) in [4.78, 5) is 23.5. The quantitative estimate of drug-likeness (QED) is 0.862. The van der Waals surface area contributed by atoms with E-state index in [4.69, 9.17) is 16.7 Å². The number of likely N-dealkylation sites (N-methyl/N-ethyl adjacent to an activating group) is 1. The fourth-order valence-electron chi connectivity index (χ4n) is 3.06. The van der Waals surface area contributed by atoms with Gasteiger partial charge in [0.25, 0.3) is 0 Å². The molecule has 0 bridgehead atoms. The molecule has 2 aromatic rings. The Hall–Kier alpha value is -2.28. The third kappa shape index (κ3) is 3.03. The van der Waals surface area contributed by atoms with Gasteiger partial charge in [-0.05, 0) is 32.4 Å². The standard InChI is InChI=1S/C16H20ClN5O2/c1-10-4-5-11(2)22(10)15-18-13(17)8-14(19-15)21-7-6-12(9-21)20(3)16(23)24/h4-5,8,12H,6-7,9H2,1-3H3,(H,23,24). The first kappa shape index (κ1) is 16.6. The first-order valence-electron chi connectivity index (χ1n) is 7.77. The summed E-state index contributed by atoms with van der Waals surface area (Å²) in [6.45, 7) is 5.31. The monoisotopic (exact) mass is 349 g/mol. The number of rotatable bonds is 3. The Balaban J connectivity index is 1.89. The van der Waals surface area contributed by atoms with Crippen LogP contribution in [0, 0.1) is 13.8 Å². The van der Waals surface area contributed by atoms with E-state index < -0.39 is 6.09 Å². The molecule has 3 rings (SSSR count). The van der Waals surface area contributed by atoms with Gasteiger partial charge in [-0.15, -0.1) is 0 Å². The Kier molecular flexibility index (Phi) is 4.36. The van der Waals surface area contributed by atoms with Crippen molar-refractivity contribution in [2.45, 2.75) is 26.3 Å². The van der Waals surface area contributed by atoms with Gasteiger partial charge in [0.05, 0.1) is 6.04 Å². The maximum absolute atomic E-state index is 11.1. The molecule has 0 aliphatic carbocycles. The molecule has 1 atom stereocenters. The predicted molar refractivity (Wildman–Crippen MR) is 92.2 cm³/mol. The number of aryl methyl sites for hydroxylation is 2. The van der Waals surface area contributed by atoms with Crippen molar-refractivity contribution in [2.24, 2.45) is 0 Å². The molecule has 2 aromatic heterocycles. The fourth-order valence-corrected chi connectivity index (χ4v) is 3.24. The van der Waals surface area contributed by atoms with E-state index in [0.29, 0.717) is 17.6 Å². The first-order chi connectivity index (χ1) is 11.4. The van der Waals surface area contributed by atoms with Crippen LogP contribution in [-0.4, -0.2) is 56.8 Å². The summed E-state index contributed by atoms with van der Waals surface area (Å²) < 4.78 is 1.95. The van der Waals surface area contributed by atoms with Gasteiger partial charge in [-0.1, -0.05) is 11.6 Å². The number of hydrogen-bond donors (Lipinski definition) is 1. The third-order valence-electron chi connectivity index (χ3n) is 4.48. The van der Waals surface area contributed by atoms with E-state index in [9.17, 15) is 4.79 Å². The zero-order valence-electron chi connectivity index (χ0n) is 13.9. The number of amides is 1. The number of carbonyl (C=O) groups is 1. The molecule has 0 saturated carbocycles. The lowest BCUT2D eigenvalue weighted by atomic mass is 10.2. The zero-order valence-corrected chi connectivity index (χ0v) is 14.7. The highest BCUT2D eigenvalue weighted by atomic mass is 35.5. The van der Waals surface area contributed by atoms with Crippen molar-refractivity contribution in [3.05, 3.63) is 34.7 Å². The highest BCUT2D eigenvalue weighted by molar-refractivity contribution is 6.29. The molecule has 1 aliphatic heterocycles. The zero-order chi connectivity index (χ0) is 17.4. The van der Waals surface area contributed by atoms with Crippen molar-refractivity contribution in [3.8, 4) is 5.95 Å². The molecule has 8 heteroatoms. The van der Waals surface area contributed by atoms with Gasteiger partial charge < -0.3 is 14.9 Å².